The van der Waals surface area contributed by atoms with Crippen molar-refractivity contribution in [1.29, 1.82) is 0 Å². The van der Waals surface area contributed by atoms with E-state index in [2.05, 4.69) is 13.2 Å². The zero-order valence-corrected chi connectivity index (χ0v) is 5.74. The van der Waals surface area contributed by atoms with Crippen molar-refractivity contribution in [2.24, 2.45) is 0 Å². The van der Waals surface area contributed by atoms with E-state index in [1.165, 1.54) is 5.54 Å². The zero-order valence-electron chi connectivity index (χ0n) is 4.23. The molecule has 0 bridgehead atoms. The van der Waals surface area contributed by atoms with Gasteiger partial charge in [-0.3, -0.25) is 4.79 Å². The number of hydrogen-bond acceptors (Lipinski definition) is 1. The van der Waals surface area contributed by atoms with E-state index in [0.717, 1.165) is 6.08 Å². The van der Waals surface area contributed by atoms with E-state index in [4.69, 9.17) is 23.2 Å². The molecule has 0 spiro atoms. The van der Waals surface area contributed by atoms with Gasteiger partial charge in [-0.15, -0.1) is 0 Å². The van der Waals surface area contributed by atoms with Crippen LogP contribution in [0.25, 0.3) is 0 Å². The average Bonchev–Trinajstić information content (AvgIpc) is 1.69. The van der Waals surface area contributed by atoms with Crippen LogP contribution in [-0.4, -0.2) is 5.24 Å². The van der Waals surface area contributed by atoms with Crippen molar-refractivity contribution in [3.8, 4) is 0 Å². The Morgan fingerprint density at radius 1 is 1.50 bits per heavy atom. The van der Waals surface area contributed by atoms with Gasteiger partial charge in [0.1, 0.15) is 0 Å². The van der Waals surface area contributed by atoms with Crippen LogP contribution in [0.2, 0.25) is 0 Å². The van der Waals surface area contributed by atoms with E-state index in [-0.39, 0.29) is 0 Å². The Morgan fingerprint density at radius 2 is 1.62 bits per heavy atom. The summed E-state index contributed by atoms with van der Waals surface area (Å²) in [6, 6.07) is 0. The highest BCUT2D eigenvalue weighted by atomic mass is 35.5. The second-order valence-electron chi connectivity index (χ2n) is 0.663. The number of allylic oxidation sites excluding steroid dienone is 1. The van der Waals surface area contributed by atoms with Gasteiger partial charge in [0, 0.05) is 0 Å². The average molecular weight is 153 g/mol. The van der Waals surface area contributed by atoms with Crippen molar-refractivity contribution in [2.45, 2.75) is 0 Å². The van der Waals surface area contributed by atoms with Gasteiger partial charge in [0.25, 0.3) is 0 Å². The Hall–Kier alpha value is -0.270. The number of rotatable bonds is 1. The molecule has 0 heterocycles. The second-order valence-corrected chi connectivity index (χ2v) is 1.34. The molecule has 0 aromatic carbocycles. The normalized spacial score (nSPS) is 5.75. The maximum absolute atomic E-state index is 9.46. The lowest BCUT2D eigenvalue weighted by atomic mass is 10.7. The molecule has 0 aliphatic carbocycles. The Bertz CT molecular complexity index is 88.4. The first-order valence-electron chi connectivity index (χ1n) is 1.72. The maximum atomic E-state index is 9.46. The summed E-state index contributed by atoms with van der Waals surface area (Å²) in [5.41, 5.74) is 1.22. The topological polar surface area (TPSA) is 17.1 Å². The van der Waals surface area contributed by atoms with Gasteiger partial charge >= 0.3 is 0 Å². The van der Waals surface area contributed by atoms with Crippen molar-refractivity contribution >= 4 is 28.4 Å². The molecule has 0 radical (unpaired) electrons. The van der Waals surface area contributed by atoms with Crippen molar-refractivity contribution in [3.63, 3.8) is 0 Å². The smallest absolute Gasteiger partial charge is 0.244 e. The molecule has 8 heavy (non-hydrogen) atoms. The van der Waals surface area contributed by atoms with Crippen molar-refractivity contribution in [1.82, 2.24) is 0 Å². The molecule has 0 saturated heterocycles. The van der Waals surface area contributed by atoms with E-state index in [9.17, 15) is 4.79 Å². The highest BCUT2D eigenvalue weighted by molar-refractivity contribution is 6.66. The van der Waals surface area contributed by atoms with E-state index < -0.39 is 5.24 Å². The fraction of sp³-hybridized carbons (Fsp3) is 0. The van der Waals surface area contributed by atoms with Crippen LogP contribution in [0.15, 0.2) is 24.8 Å². The highest BCUT2D eigenvalue weighted by Crippen LogP contribution is 1.74. The summed E-state index contributed by atoms with van der Waals surface area (Å²) < 4.78 is 0. The van der Waals surface area contributed by atoms with Crippen LogP contribution in [-0.2, 0) is 4.79 Å². The first-order chi connectivity index (χ1) is 3.68. The third-order valence-electron chi connectivity index (χ3n) is 0.160. The standard InChI is InChI=1S/C3H3ClO.C2H3Cl/c1-2-3(4)5;1-2-3/h2H,1H2;2H,1H2. The van der Waals surface area contributed by atoms with E-state index in [1.54, 1.807) is 0 Å². The van der Waals surface area contributed by atoms with Crippen LogP contribution in [0.5, 0.6) is 0 Å². The molecular weight excluding hydrogens is 147 g/mol. The van der Waals surface area contributed by atoms with Gasteiger partial charge in [0.05, 0.1) is 0 Å². The minimum absolute atomic E-state index is 0.509. The van der Waals surface area contributed by atoms with Crippen LogP contribution >= 0.6 is 23.2 Å². The summed E-state index contributed by atoms with van der Waals surface area (Å²) in [6.45, 7) is 6.21. The first kappa shape index (κ1) is 10.7. The first-order valence-corrected chi connectivity index (χ1v) is 2.53. The van der Waals surface area contributed by atoms with Crippen LogP contribution in [0.1, 0.15) is 0 Å². The molecule has 3 heteroatoms. The molecule has 0 unspecified atom stereocenters. The largest absolute Gasteiger partial charge is 0.276 e. The maximum Gasteiger partial charge on any atom is 0.244 e. The summed E-state index contributed by atoms with van der Waals surface area (Å²) >= 11 is 9.47. The van der Waals surface area contributed by atoms with Gasteiger partial charge in [-0.25, -0.2) is 0 Å². The fourth-order valence-electron chi connectivity index (χ4n) is 0. The summed E-state index contributed by atoms with van der Waals surface area (Å²) in [6.07, 6.45) is 1.04. The molecule has 0 aromatic rings. The molecule has 46 valence electrons. The minimum atomic E-state index is -0.509. The Kier molecular flexibility index (Phi) is 13.2. The predicted molar refractivity (Wildman–Crippen MR) is 37.1 cm³/mol. The van der Waals surface area contributed by atoms with E-state index in [1.807, 2.05) is 0 Å². The van der Waals surface area contributed by atoms with Crippen LogP contribution in [0.3, 0.4) is 0 Å². The SMILES string of the molecule is C=CC(=O)Cl.C=CCl. The zero-order chi connectivity index (χ0) is 6.99. The van der Waals surface area contributed by atoms with Crippen molar-refractivity contribution in [3.05, 3.63) is 24.8 Å². The predicted octanol–water partition coefficient (Wildman–Crippen LogP) is 2.31. The molecule has 0 aliphatic heterocycles. The molecule has 0 rings (SSSR count). The second kappa shape index (κ2) is 9.88. The Labute approximate surface area is 58.6 Å². The number of carbonyl (C=O) groups excluding carboxylic acids is 1. The van der Waals surface area contributed by atoms with Gasteiger partial charge < -0.3 is 0 Å². The lowest BCUT2D eigenvalue weighted by Crippen LogP contribution is -1.67. The summed E-state index contributed by atoms with van der Waals surface area (Å²) in [5, 5.41) is -0.509. The molecule has 0 atom stereocenters. The lowest BCUT2D eigenvalue weighted by Gasteiger charge is -1.59. The quantitative estimate of drug-likeness (QED) is 0.417. The fourth-order valence-corrected chi connectivity index (χ4v) is 0. The van der Waals surface area contributed by atoms with Gasteiger partial charge in [-0.2, -0.15) is 0 Å². The van der Waals surface area contributed by atoms with Gasteiger partial charge in [-0.05, 0) is 23.2 Å². The molecule has 0 saturated carbocycles. The monoisotopic (exact) mass is 152 g/mol. The minimum Gasteiger partial charge on any atom is -0.276 e. The van der Waals surface area contributed by atoms with Crippen LogP contribution in [0, 0.1) is 0 Å². The molecular formula is C5H6Cl2O. The lowest BCUT2D eigenvalue weighted by molar-refractivity contribution is -0.107. The molecule has 0 N–H and O–H groups in total. The van der Waals surface area contributed by atoms with Crippen molar-refractivity contribution < 1.29 is 4.79 Å². The van der Waals surface area contributed by atoms with Crippen LogP contribution in [0.4, 0.5) is 0 Å². The molecule has 1 nitrogen and oxygen atoms in total. The van der Waals surface area contributed by atoms with Crippen LogP contribution < -0.4 is 0 Å². The number of hydrogen-bond donors (Lipinski definition) is 0. The molecule has 0 fully saturated rings. The highest BCUT2D eigenvalue weighted by Gasteiger charge is 1.74. The van der Waals surface area contributed by atoms with Gasteiger partial charge in [0.15, 0.2) is 0 Å². The number of halogens is 2. The Morgan fingerprint density at radius 3 is 1.62 bits per heavy atom. The number of carbonyl (C=O) groups is 1. The van der Waals surface area contributed by atoms with Crippen molar-refractivity contribution in [2.75, 3.05) is 0 Å². The van der Waals surface area contributed by atoms with Gasteiger partial charge in [-0.1, -0.05) is 24.8 Å². The summed E-state index contributed by atoms with van der Waals surface area (Å²) in [4.78, 5) is 9.46. The molecule has 0 aromatic heterocycles. The van der Waals surface area contributed by atoms with Gasteiger partial charge in [0.2, 0.25) is 5.24 Å². The van der Waals surface area contributed by atoms with E-state index in [0.29, 0.717) is 0 Å². The summed E-state index contributed by atoms with van der Waals surface area (Å²) in [7, 11) is 0. The Balaban J connectivity index is 0. The van der Waals surface area contributed by atoms with E-state index >= 15 is 0 Å². The third kappa shape index (κ3) is 42.8. The molecule has 0 amide bonds. The summed E-state index contributed by atoms with van der Waals surface area (Å²) in [5.74, 6) is 0. The molecule has 0 aliphatic rings. The third-order valence-corrected chi connectivity index (χ3v) is 0.315.